The molecule has 15 nitrogen and oxygen atoms in total. The number of nitrogens with one attached hydrogen (secondary N) is 7. The summed E-state index contributed by atoms with van der Waals surface area (Å²) < 4.78 is 0. The standard InChI is InChI=1S/C25H31N9O6/c26-34-25(40)20(11-35)33-23(38)18(7-13-9-28-16-4-2-1-3-15(13)16)31-24(39)19(8-14-10-27-12-29-14)32-22(37)17-5-6-21(36)30-17/h1-4,9-10,12,17-20,28,35H,5-8,11,26H2,(H,27,29)(H,30,36)(H,31,39)(H,32,37)(H,33,38)(H,34,40)/t17-,18-,19-,20-/m0/s1. The molecule has 3 aromatic rings. The molecule has 212 valence electrons. The molecule has 5 amide bonds. The van der Waals surface area contributed by atoms with E-state index in [0.29, 0.717) is 17.7 Å². The minimum atomic E-state index is -1.36. The van der Waals surface area contributed by atoms with Crippen LogP contribution >= 0.6 is 0 Å². The van der Waals surface area contributed by atoms with E-state index in [2.05, 4.69) is 36.2 Å². The number of fused-ring (bicyclic) bond motifs is 1. The number of H-pyrrole nitrogens is 2. The molecule has 0 radical (unpaired) electrons. The lowest BCUT2D eigenvalue weighted by molar-refractivity contribution is -0.134. The van der Waals surface area contributed by atoms with Gasteiger partial charge in [0.25, 0.3) is 5.91 Å². The van der Waals surface area contributed by atoms with E-state index in [9.17, 15) is 29.1 Å². The largest absolute Gasteiger partial charge is 0.394 e. The van der Waals surface area contributed by atoms with Crippen LogP contribution in [-0.4, -0.2) is 80.4 Å². The Balaban J connectivity index is 1.57. The number of hydrogen-bond acceptors (Lipinski definition) is 8. The number of aromatic amines is 2. The minimum absolute atomic E-state index is 0.0212. The van der Waals surface area contributed by atoms with Crippen LogP contribution in [0.3, 0.4) is 0 Å². The maximum atomic E-state index is 13.6. The van der Waals surface area contributed by atoms with Crippen molar-refractivity contribution in [2.75, 3.05) is 6.61 Å². The molecule has 2 aromatic heterocycles. The highest BCUT2D eigenvalue weighted by Crippen LogP contribution is 2.19. The summed E-state index contributed by atoms with van der Waals surface area (Å²) in [6, 6.07) is 2.91. The number of carbonyl (C=O) groups is 5. The Labute approximate surface area is 228 Å². The van der Waals surface area contributed by atoms with Crippen molar-refractivity contribution in [3.05, 3.63) is 54.2 Å². The van der Waals surface area contributed by atoms with Gasteiger partial charge in [0.15, 0.2) is 0 Å². The molecule has 0 aliphatic carbocycles. The fraction of sp³-hybridized carbons (Fsp3) is 0.360. The van der Waals surface area contributed by atoms with Crippen molar-refractivity contribution in [1.82, 2.24) is 41.6 Å². The molecular formula is C25H31N9O6. The molecule has 0 spiro atoms. The van der Waals surface area contributed by atoms with E-state index in [1.165, 1.54) is 12.5 Å². The molecule has 1 fully saturated rings. The number of aliphatic hydroxyl groups is 1. The monoisotopic (exact) mass is 553 g/mol. The van der Waals surface area contributed by atoms with Gasteiger partial charge in [0.2, 0.25) is 23.6 Å². The maximum absolute atomic E-state index is 13.6. The van der Waals surface area contributed by atoms with Crippen molar-refractivity contribution < 1.29 is 29.1 Å². The molecule has 4 atom stereocenters. The van der Waals surface area contributed by atoms with Gasteiger partial charge in [-0.05, 0) is 18.1 Å². The number of carbonyl (C=O) groups excluding carboxylic acids is 5. The predicted molar refractivity (Wildman–Crippen MR) is 141 cm³/mol. The van der Waals surface area contributed by atoms with Crippen LogP contribution in [0, 0.1) is 0 Å². The molecule has 1 aliphatic rings. The quantitative estimate of drug-likeness (QED) is 0.0653. The van der Waals surface area contributed by atoms with Crippen LogP contribution in [0.15, 0.2) is 43.0 Å². The minimum Gasteiger partial charge on any atom is -0.394 e. The number of hydrazine groups is 1. The van der Waals surface area contributed by atoms with E-state index < -0.39 is 54.4 Å². The Kier molecular flexibility index (Phi) is 9.08. The van der Waals surface area contributed by atoms with Gasteiger partial charge in [0, 0.05) is 48.3 Å². The molecular weight excluding hydrogens is 522 g/mol. The number of rotatable bonds is 12. The average Bonchev–Trinajstić information content (AvgIpc) is 3.72. The number of amides is 5. The number of aromatic nitrogens is 3. The zero-order valence-electron chi connectivity index (χ0n) is 21.4. The summed E-state index contributed by atoms with van der Waals surface area (Å²) in [5, 5.41) is 20.7. The van der Waals surface area contributed by atoms with Gasteiger partial charge in [0.05, 0.1) is 12.9 Å². The highest BCUT2D eigenvalue weighted by atomic mass is 16.3. The van der Waals surface area contributed by atoms with E-state index in [4.69, 9.17) is 5.84 Å². The molecule has 1 aromatic carbocycles. The lowest BCUT2D eigenvalue weighted by Crippen LogP contribution is -2.59. The van der Waals surface area contributed by atoms with E-state index in [-0.39, 0.29) is 25.2 Å². The zero-order valence-corrected chi connectivity index (χ0v) is 21.4. The molecule has 15 heteroatoms. The molecule has 3 heterocycles. The molecule has 0 saturated carbocycles. The van der Waals surface area contributed by atoms with Gasteiger partial charge in [-0.2, -0.15) is 0 Å². The fourth-order valence-corrected chi connectivity index (χ4v) is 4.48. The van der Waals surface area contributed by atoms with Gasteiger partial charge >= 0.3 is 0 Å². The Morgan fingerprint density at radius 2 is 1.73 bits per heavy atom. The lowest BCUT2D eigenvalue weighted by Gasteiger charge is -2.25. The summed E-state index contributed by atoms with van der Waals surface area (Å²) in [5.74, 6) is 2.09. The Bertz CT molecular complexity index is 1370. The fourth-order valence-electron chi connectivity index (χ4n) is 4.48. The number of nitrogens with two attached hydrogens (primary N) is 1. The predicted octanol–water partition coefficient (Wildman–Crippen LogP) is -2.61. The van der Waals surface area contributed by atoms with Gasteiger partial charge in [-0.25, -0.2) is 10.8 Å². The molecule has 0 bridgehead atoms. The highest BCUT2D eigenvalue weighted by Gasteiger charge is 2.33. The molecule has 0 unspecified atom stereocenters. The van der Waals surface area contributed by atoms with Crippen LogP contribution in [0.25, 0.3) is 10.9 Å². The first-order chi connectivity index (χ1) is 19.3. The van der Waals surface area contributed by atoms with E-state index in [0.717, 1.165) is 10.9 Å². The lowest BCUT2D eigenvalue weighted by atomic mass is 10.0. The van der Waals surface area contributed by atoms with E-state index in [1.54, 1.807) is 6.20 Å². The van der Waals surface area contributed by atoms with Crippen molar-refractivity contribution in [3.8, 4) is 0 Å². The van der Waals surface area contributed by atoms with Crippen molar-refractivity contribution in [3.63, 3.8) is 0 Å². The molecule has 40 heavy (non-hydrogen) atoms. The maximum Gasteiger partial charge on any atom is 0.258 e. The summed E-state index contributed by atoms with van der Waals surface area (Å²) in [7, 11) is 0. The number of hydrogen-bond donors (Lipinski definition) is 9. The molecule has 10 N–H and O–H groups in total. The van der Waals surface area contributed by atoms with Crippen molar-refractivity contribution in [2.24, 2.45) is 5.84 Å². The first-order valence-corrected chi connectivity index (χ1v) is 12.6. The summed E-state index contributed by atoms with van der Waals surface area (Å²) in [6.45, 7) is -0.728. The summed E-state index contributed by atoms with van der Waals surface area (Å²) in [4.78, 5) is 73.2. The number of imidazole rings is 1. The highest BCUT2D eigenvalue weighted by molar-refractivity contribution is 5.97. The van der Waals surface area contributed by atoms with Gasteiger partial charge in [0.1, 0.15) is 24.2 Å². The second-order valence-electron chi connectivity index (χ2n) is 9.38. The van der Waals surface area contributed by atoms with Crippen molar-refractivity contribution in [2.45, 2.75) is 49.9 Å². The first kappa shape index (κ1) is 28.3. The Morgan fingerprint density at radius 1 is 1.00 bits per heavy atom. The summed E-state index contributed by atoms with van der Waals surface area (Å²) in [6.07, 6.45) is 5.16. The number of para-hydroxylation sites is 1. The van der Waals surface area contributed by atoms with E-state index >= 15 is 0 Å². The van der Waals surface area contributed by atoms with Crippen molar-refractivity contribution >= 4 is 40.4 Å². The third-order valence-corrected chi connectivity index (χ3v) is 6.61. The summed E-state index contributed by atoms with van der Waals surface area (Å²) >= 11 is 0. The SMILES string of the molecule is NNC(=O)[C@H](CO)NC(=O)[C@H](Cc1c[nH]c2ccccc12)NC(=O)[C@H](Cc1cnc[nH]1)NC(=O)[C@@H]1CCC(=O)N1. The normalized spacial score (nSPS) is 16.9. The third-order valence-electron chi connectivity index (χ3n) is 6.61. The molecule has 1 aliphatic heterocycles. The van der Waals surface area contributed by atoms with Crippen LogP contribution in [-0.2, 0) is 36.8 Å². The van der Waals surface area contributed by atoms with E-state index in [1.807, 2.05) is 29.7 Å². The van der Waals surface area contributed by atoms with Gasteiger partial charge in [-0.3, -0.25) is 29.4 Å². The average molecular weight is 554 g/mol. The van der Waals surface area contributed by atoms with Gasteiger partial charge in [-0.1, -0.05) is 18.2 Å². The molecule has 1 saturated heterocycles. The second kappa shape index (κ2) is 12.9. The van der Waals surface area contributed by atoms with Crippen LogP contribution in [0.4, 0.5) is 0 Å². The first-order valence-electron chi connectivity index (χ1n) is 12.6. The van der Waals surface area contributed by atoms with Gasteiger partial charge in [-0.15, -0.1) is 0 Å². The zero-order chi connectivity index (χ0) is 28.6. The van der Waals surface area contributed by atoms with Crippen LogP contribution in [0.5, 0.6) is 0 Å². The van der Waals surface area contributed by atoms with Gasteiger partial charge < -0.3 is 36.3 Å². The van der Waals surface area contributed by atoms with Crippen molar-refractivity contribution in [1.29, 1.82) is 0 Å². The van der Waals surface area contributed by atoms with Crippen LogP contribution < -0.4 is 32.5 Å². The smallest absolute Gasteiger partial charge is 0.258 e. The second-order valence-corrected chi connectivity index (χ2v) is 9.38. The number of aliphatic hydroxyl groups excluding tert-OH is 1. The number of benzene rings is 1. The van der Waals surface area contributed by atoms with Crippen LogP contribution in [0.2, 0.25) is 0 Å². The summed E-state index contributed by atoms with van der Waals surface area (Å²) in [5.41, 5.74) is 3.95. The Morgan fingerprint density at radius 3 is 2.38 bits per heavy atom. The Hall–Kier alpha value is -4.76. The van der Waals surface area contributed by atoms with Crippen LogP contribution in [0.1, 0.15) is 24.1 Å². The molecule has 4 rings (SSSR count). The topological polar surface area (TPSA) is 236 Å². The third kappa shape index (κ3) is 6.81. The number of nitrogens with zero attached hydrogens (tertiary/aromatic N) is 1.